The summed E-state index contributed by atoms with van der Waals surface area (Å²) in [7, 11) is 0. The van der Waals surface area contributed by atoms with Crippen molar-refractivity contribution in [2.75, 3.05) is 0 Å². The van der Waals surface area contributed by atoms with Crippen molar-refractivity contribution in [3.05, 3.63) is 65.7 Å². The first-order valence-corrected chi connectivity index (χ1v) is 4.37. The van der Waals surface area contributed by atoms with E-state index in [2.05, 4.69) is 4.98 Å². The summed E-state index contributed by atoms with van der Waals surface area (Å²) in [6, 6.07) is 5.65. The fourth-order valence-corrected chi connectivity index (χ4v) is 0.857. The summed E-state index contributed by atoms with van der Waals surface area (Å²) in [5.41, 5.74) is 0. The monoisotopic (exact) mass is 247 g/mol. The van der Waals surface area contributed by atoms with Crippen LogP contribution in [0.2, 0.25) is 0 Å². The van der Waals surface area contributed by atoms with Gasteiger partial charge in [0.15, 0.2) is 23.3 Å². The van der Waals surface area contributed by atoms with Crippen LogP contribution < -0.4 is 0 Å². The summed E-state index contributed by atoms with van der Waals surface area (Å²) in [6.45, 7) is 0. The van der Waals surface area contributed by atoms with Gasteiger partial charge < -0.3 is 0 Å². The average molecular weight is 247 g/mol. The van der Waals surface area contributed by atoms with Crippen LogP contribution in [0.4, 0.5) is 22.0 Å². The van der Waals surface area contributed by atoms with E-state index in [1.807, 2.05) is 18.2 Å². The normalized spacial score (nSPS) is 9.47. The van der Waals surface area contributed by atoms with Crippen molar-refractivity contribution in [1.29, 1.82) is 0 Å². The van der Waals surface area contributed by atoms with Gasteiger partial charge in [-0.25, -0.2) is 22.0 Å². The van der Waals surface area contributed by atoms with Crippen LogP contribution in [0.15, 0.2) is 36.7 Å². The van der Waals surface area contributed by atoms with Gasteiger partial charge in [0.1, 0.15) is 0 Å². The molecule has 0 radical (unpaired) electrons. The highest BCUT2D eigenvalue weighted by Crippen LogP contribution is 2.16. The van der Waals surface area contributed by atoms with E-state index in [1.54, 1.807) is 12.4 Å². The van der Waals surface area contributed by atoms with Gasteiger partial charge >= 0.3 is 0 Å². The Morgan fingerprint density at radius 3 is 1.41 bits per heavy atom. The predicted molar refractivity (Wildman–Crippen MR) is 50.5 cm³/mol. The van der Waals surface area contributed by atoms with E-state index in [0.717, 1.165) is 0 Å². The van der Waals surface area contributed by atoms with E-state index >= 15 is 0 Å². The molecule has 0 N–H and O–H groups in total. The van der Waals surface area contributed by atoms with Crippen molar-refractivity contribution in [2.24, 2.45) is 0 Å². The van der Waals surface area contributed by atoms with Gasteiger partial charge in [-0.1, -0.05) is 6.07 Å². The largest absolute Gasteiger partial charge is 0.265 e. The minimum Gasteiger partial charge on any atom is -0.265 e. The first-order valence-electron chi connectivity index (χ1n) is 4.37. The molecular formula is C11H6F5N. The fourth-order valence-electron chi connectivity index (χ4n) is 0.857. The van der Waals surface area contributed by atoms with Crippen molar-refractivity contribution >= 4 is 0 Å². The van der Waals surface area contributed by atoms with Crippen molar-refractivity contribution in [2.45, 2.75) is 0 Å². The van der Waals surface area contributed by atoms with Crippen LogP contribution in [0.3, 0.4) is 0 Å². The second-order valence-corrected chi connectivity index (χ2v) is 2.81. The highest BCUT2D eigenvalue weighted by atomic mass is 19.2. The Morgan fingerprint density at radius 2 is 1.12 bits per heavy atom. The minimum absolute atomic E-state index is 0.0618. The molecule has 17 heavy (non-hydrogen) atoms. The molecule has 0 spiro atoms. The van der Waals surface area contributed by atoms with Gasteiger partial charge in [0.2, 0.25) is 5.82 Å². The number of nitrogens with zero attached hydrogens (tertiary/aromatic N) is 1. The molecule has 0 unspecified atom stereocenters. The molecular weight excluding hydrogens is 241 g/mol. The Morgan fingerprint density at radius 1 is 0.647 bits per heavy atom. The van der Waals surface area contributed by atoms with E-state index in [-0.39, 0.29) is 6.07 Å². The minimum atomic E-state index is -2.14. The second kappa shape index (κ2) is 5.93. The molecule has 0 bridgehead atoms. The number of aromatic nitrogens is 1. The van der Waals surface area contributed by atoms with Gasteiger partial charge in [-0.05, 0) is 12.1 Å². The van der Waals surface area contributed by atoms with Gasteiger partial charge in [0.25, 0.3) is 0 Å². The van der Waals surface area contributed by atoms with E-state index in [9.17, 15) is 22.0 Å². The van der Waals surface area contributed by atoms with Crippen LogP contribution in [0.25, 0.3) is 0 Å². The smallest absolute Gasteiger partial charge is 0.200 e. The third-order valence-corrected chi connectivity index (χ3v) is 1.62. The summed E-state index contributed by atoms with van der Waals surface area (Å²) in [4.78, 5) is 3.78. The molecule has 0 amide bonds. The van der Waals surface area contributed by atoms with Crippen LogP contribution >= 0.6 is 0 Å². The molecule has 1 aromatic carbocycles. The Balaban J connectivity index is 0.000000202. The van der Waals surface area contributed by atoms with Crippen molar-refractivity contribution in [3.8, 4) is 0 Å². The number of rotatable bonds is 0. The SMILES string of the molecule is Fc1cc(F)c(F)c(F)c1F.c1ccncc1. The lowest BCUT2D eigenvalue weighted by Gasteiger charge is -1.96. The lowest BCUT2D eigenvalue weighted by atomic mass is 10.3. The van der Waals surface area contributed by atoms with Crippen molar-refractivity contribution < 1.29 is 22.0 Å². The van der Waals surface area contributed by atoms with Crippen LogP contribution in [0.1, 0.15) is 0 Å². The molecule has 1 nitrogen and oxygen atoms in total. The fraction of sp³-hybridized carbons (Fsp3) is 0. The molecule has 0 atom stereocenters. The van der Waals surface area contributed by atoms with Crippen LogP contribution in [-0.2, 0) is 0 Å². The highest BCUT2D eigenvalue weighted by molar-refractivity contribution is 5.12. The summed E-state index contributed by atoms with van der Waals surface area (Å²) >= 11 is 0. The molecule has 90 valence electrons. The average Bonchev–Trinajstić information content (AvgIpc) is 2.37. The highest BCUT2D eigenvalue weighted by Gasteiger charge is 2.18. The van der Waals surface area contributed by atoms with Gasteiger partial charge in [-0.15, -0.1) is 0 Å². The number of pyridine rings is 1. The second-order valence-electron chi connectivity index (χ2n) is 2.81. The molecule has 0 aliphatic rings. The molecule has 0 aliphatic carbocycles. The summed E-state index contributed by atoms with van der Waals surface area (Å²) < 4.78 is 60.0. The maximum atomic E-state index is 12.0. The number of hydrogen-bond donors (Lipinski definition) is 0. The Bertz CT molecular complexity index is 434. The lowest BCUT2D eigenvalue weighted by Crippen LogP contribution is -1.98. The molecule has 0 saturated carbocycles. The predicted octanol–water partition coefficient (Wildman–Crippen LogP) is 3.46. The molecule has 0 aliphatic heterocycles. The number of halogens is 5. The summed E-state index contributed by atoms with van der Waals surface area (Å²) in [5.74, 6) is -9.65. The molecule has 0 saturated heterocycles. The molecule has 0 fully saturated rings. The number of benzene rings is 1. The zero-order chi connectivity index (χ0) is 12.8. The van der Waals surface area contributed by atoms with Gasteiger partial charge in [0, 0.05) is 18.5 Å². The summed E-state index contributed by atoms with van der Waals surface area (Å²) in [5, 5.41) is 0. The van der Waals surface area contributed by atoms with Crippen LogP contribution in [0.5, 0.6) is 0 Å². The van der Waals surface area contributed by atoms with E-state index < -0.39 is 29.1 Å². The maximum absolute atomic E-state index is 12.0. The topological polar surface area (TPSA) is 12.9 Å². The lowest BCUT2D eigenvalue weighted by molar-refractivity contribution is 0.378. The standard InChI is InChI=1S/C6HF5.C5H5N/c7-2-1-3(8)5(10)6(11)4(2)9;1-2-4-6-5-3-1/h1H;1-5H. The van der Waals surface area contributed by atoms with Gasteiger partial charge in [0.05, 0.1) is 0 Å². The van der Waals surface area contributed by atoms with Gasteiger partial charge in [-0.3, -0.25) is 4.98 Å². The van der Waals surface area contributed by atoms with Crippen LogP contribution in [-0.4, -0.2) is 4.98 Å². The van der Waals surface area contributed by atoms with Crippen molar-refractivity contribution in [1.82, 2.24) is 4.98 Å². The Kier molecular flexibility index (Phi) is 4.56. The molecule has 1 aromatic heterocycles. The number of hydrogen-bond acceptors (Lipinski definition) is 1. The molecule has 1 heterocycles. The molecule has 2 aromatic rings. The maximum Gasteiger partial charge on any atom is 0.200 e. The third kappa shape index (κ3) is 3.51. The zero-order valence-electron chi connectivity index (χ0n) is 8.30. The zero-order valence-corrected chi connectivity index (χ0v) is 8.30. The first-order chi connectivity index (χ1) is 8.04. The molecule has 2 rings (SSSR count). The van der Waals surface area contributed by atoms with Gasteiger partial charge in [-0.2, -0.15) is 0 Å². The third-order valence-electron chi connectivity index (χ3n) is 1.62. The van der Waals surface area contributed by atoms with E-state index in [1.165, 1.54) is 0 Å². The first kappa shape index (κ1) is 13.1. The summed E-state index contributed by atoms with van der Waals surface area (Å²) in [6.07, 6.45) is 3.50. The quantitative estimate of drug-likeness (QED) is 0.394. The molecule has 6 heteroatoms. The van der Waals surface area contributed by atoms with E-state index in [4.69, 9.17) is 0 Å². The van der Waals surface area contributed by atoms with E-state index in [0.29, 0.717) is 0 Å². The Labute approximate surface area is 93.5 Å². The Hall–Kier alpha value is -1.98. The van der Waals surface area contributed by atoms with Crippen molar-refractivity contribution in [3.63, 3.8) is 0 Å². The van der Waals surface area contributed by atoms with Crippen LogP contribution in [0, 0.1) is 29.1 Å².